The molecule has 0 amide bonds. The van der Waals surface area contributed by atoms with Gasteiger partial charge in [-0.25, -0.2) is 15.0 Å². The molecule has 0 N–H and O–H groups in total. The smallest absolute Gasteiger partial charge is 0.181 e. The third kappa shape index (κ3) is 2.26. The third-order valence-corrected chi connectivity index (χ3v) is 4.21. The van der Waals surface area contributed by atoms with Crippen molar-refractivity contribution >= 4 is 33.8 Å². The van der Waals surface area contributed by atoms with Crippen LogP contribution in [0.2, 0.25) is 0 Å². The average molecular weight is 394 g/mol. The summed E-state index contributed by atoms with van der Waals surface area (Å²) >= 11 is 2.18. The second-order valence-electron chi connectivity index (χ2n) is 4.67. The lowest BCUT2D eigenvalue weighted by Gasteiger charge is -2.17. The summed E-state index contributed by atoms with van der Waals surface area (Å²) in [6.45, 7) is 0.929. The monoisotopic (exact) mass is 394 g/mol. The van der Waals surface area contributed by atoms with Crippen LogP contribution in [0.1, 0.15) is 11.8 Å². The lowest BCUT2D eigenvalue weighted by Crippen LogP contribution is -2.18. The van der Waals surface area contributed by atoms with Crippen LogP contribution in [-0.2, 0) is 11.3 Å². The van der Waals surface area contributed by atoms with Gasteiger partial charge in [-0.15, -0.1) is 0 Å². The van der Waals surface area contributed by atoms with Crippen LogP contribution in [0, 0.1) is 3.70 Å². The number of benzene rings is 1. The predicted octanol–water partition coefficient (Wildman–Crippen LogP) is 2.54. The summed E-state index contributed by atoms with van der Waals surface area (Å²) < 4.78 is 14.6. The van der Waals surface area contributed by atoms with Gasteiger partial charge < -0.3 is 9.47 Å². The molecule has 0 fully saturated rings. The molecule has 7 heteroatoms. The maximum atomic E-state index is 5.98. The fraction of sp³-hybridized carbons (Fsp3) is 0.214. The molecule has 21 heavy (non-hydrogen) atoms. The van der Waals surface area contributed by atoms with Crippen molar-refractivity contribution < 1.29 is 9.47 Å². The van der Waals surface area contributed by atoms with Crippen LogP contribution in [0.15, 0.2) is 36.9 Å². The summed E-state index contributed by atoms with van der Waals surface area (Å²) in [6.07, 6.45) is 3.00. The van der Waals surface area contributed by atoms with Gasteiger partial charge in [0.05, 0.1) is 6.61 Å². The van der Waals surface area contributed by atoms with Crippen molar-refractivity contribution in [1.82, 2.24) is 19.5 Å². The van der Waals surface area contributed by atoms with E-state index in [9.17, 15) is 0 Å². The molecular weight excluding hydrogens is 383 g/mol. The zero-order chi connectivity index (χ0) is 14.2. The summed E-state index contributed by atoms with van der Waals surface area (Å²) in [5, 5.41) is 0. The molecule has 106 valence electrons. The first kappa shape index (κ1) is 13.0. The average Bonchev–Trinajstić information content (AvgIpc) is 2.83. The first-order valence-corrected chi connectivity index (χ1v) is 7.56. The molecule has 0 radical (unpaired) electrons. The molecule has 1 aliphatic rings. The summed E-state index contributed by atoms with van der Waals surface area (Å²) in [4.78, 5) is 12.7. The minimum absolute atomic E-state index is 0.248. The summed E-state index contributed by atoms with van der Waals surface area (Å²) in [7, 11) is 0. The highest BCUT2D eigenvalue weighted by molar-refractivity contribution is 14.1. The van der Waals surface area contributed by atoms with Crippen LogP contribution in [0.3, 0.4) is 0 Å². The van der Waals surface area contributed by atoms with E-state index in [4.69, 9.17) is 9.47 Å². The number of nitrogens with zero attached hydrogens (tertiary/aromatic N) is 4. The predicted molar refractivity (Wildman–Crippen MR) is 83.8 cm³/mol. The number of aromatic nitrogens is 4. The quantitative estimate of drug-likeness (QED) is 0.469. The van der Waals surface area contributed by atoms with Gasteiger partial charge in [-0.3, -0.25) is 4.57 Å². The van der Waals surface area contributed by atoms with Gasteiger partial charge in [0, 0.05) is 5.56 Å². The number of rotatable bonds is 1. The Bertz CT molecular complexity index is 778. The number of hydrogen-bond acceptors (Lipinski definition) is 5. The highest BCUT2D eigenvalue weighted by atomic mass is 127. The second kappa shape index (κ2) is 5.23. The molecule has 1 aliphatic heterocycles. The Kier molecular flexibility index (Phi) is 3.23. The van der Waals surface area contributed by atoms with Gasteiger partial charge in [0.25, 0.3) is 0 Å². The fourth-order valence-corrected chi connectivity index (χ4v) is 3.02. The van der Waals surface area contributed by atoms with Crippen LogP contribution in [0.25, 0.3) is 11.2 Å². The Morgan fingerprint density at radius 3 is 3.05 bits per heavy atom. The first-order chi connectivity index (χ1) is 10.3. The van der Waals surface area contributed by atoms with E-state index < -0.39 is 0 Å². The highest BCUT2D eigenvalue weighted by Gasteiger charge is 2.22. The molecule has 2 aromatic heterocycles. The number of fused-ring (bicyclic) bond motifs is 2. The Morgan fingerprint density at radius 1 is 1.19 bits per heavy atom. The van der Waals surface area contributed by atoms with Gasteiger partial charge in [0.2, 0.25) is 0 Å². The van der Waals surface area contributed by atoms with Crippen LogP contribution >= 0.6 is 22.6 Å². The van der Waals surface area contributed by atoms with E-state index in [0.29, 0.717) is 18.9 Å². The Balaban J connectivity index is 1.71. The van der Waals surface area contributed by atoms with Crippen molar-refractivity contribution in [3.05, 3.63) is 46.2 Å². The zero-order valence-corrected chi connectivity index (χ0v) is 13.1. The summed E-state index contributed by atoms with van der Waals surface area (Å²) in [5.74, 6) is 0.871. The van der Waals surface area contributed by atoms with Crippen molar-refractivity contribution in [1.29, 1.82) is 0 Å². The molecule has 0 spiro atoms. The molecule has 1 unspecified atom stereocenters. The first-order valence-electron chi connectivity index (χ1n) is 6.48. The third-order valence-electron chi connectivity index (χ3n) is 3.42. The van der Waals surface area contributed by atoms with Gasteiger partial charge in [-0.05, 0) is 28.7 Å². The largest absolute Gasteiger partial charge is 0.488 e. The fourth-order valence-electron chi connectivity index (χ4n) is 2.38. The number of ether oxygens (including phenoxy) is 2. The van der Waals surface area contributed by atoms with E-state index in [1.54, 1.807) is 6.33 Å². The van der Waals surface area contributed by atoms with E-state index >= 15 is 0 Å². The second-order valence-corrected chi connectivity index (χ2v) is 5.69. The molecule has 6 nitrogen and oxygen atoms in total. The molecule has 0 aliphatic carbocycles. The molecular formula is C14H11IN4O2. The Hall–Kier alpha value is -1.74. The minimum atomic E-state index is -0.248. The van der Waals surface area contributed by atoms with Crippen LogP contribution in [0.5, 0.6) is 5.75 Å². The standard InChI is InChI=1S/C14H11IN4O2/c15-13-12-14(17-7-16-13)18-8-19(12)11-6-20-10-4-2-1-3-9(10)5-21-11/h1-4,7-8,11H,5-6H2. The summed E-state index contributed by atoms with van der Waals surface area (Å²) in [6, 6.07) is 7.91. The van der Waals surface area contributed by atoms with Gasteiger partial charge in [-0.1, -0.05) is 18.2 Å². The zero-order valence-electron chi connectivity index (χ0n) is 10.9. The minimum Gasteiger partial charge on any atom is -0.488 e. The number of para-hydroxylation sites is 1. The van der Waals surface area contributed by atoms with Crippen molar-refractivity contribution in [2.45, 2.75) is 12.8 Å². The van der Waals surface area contributed by atoms with Gasteiger partial charge in [0.15, 0.2) is 11.9 Å². The Morgan fingerprint density at radius 2 is 2.10 bits per heavy atom. The van der Waals surface area contributed by atoms with E-state index in [1.807, 2.05) is 28.8 Å². The van der Waals surface area contributed by atoms with Crippen LogP contribution in [0.4, 0.5) is 0 Å². The van der Waals surface area contributed by atoms with E-state index in [2.05, 4.69) is 37.5 Å². The van der Waals surface area contributed by atoms with E-state index in [0.717, 1.165) is 20.5 Å². The van der Waals surface area contributed by atoms with Crippen molar-refractivity contribution in [2.75, 3.05) is 6.61 Å². The van der Waals surface area contributed by atoms with Crippen molar-refractivity contribution in [2.24, 2.45) is 0 Å². The summed E-state index contributed by atoms with van der Waals surface area (Å²) in [5.41, 5.74) is 2.59. The molecule has 0 saturated carbocycles. The molecule has 3 heterocycles. The lowest BCUT2D eigenvalue weighted by atomic mass is 10.2. The normalized spacial score (nSPS) is 18.0. The molecule has 1 atom stereocenters. The van der Waals surface area contributed by atoms with Gasteiger partial charge >= 0.3 is 0 Å². The maximum absolute atomic E-state index is 5.98. The van der Waals surface area contributed by atoms with Gasteiger partial charge in [-0.2, -0.15) is 0 Å². The number of hydrogen-bond donors (Lipinski definition) is 0. The van der Waals surface area contributed by atoms with Crippen molar-refractivity contribution in [3.8, 4) is 5.75 Å². The van der Waals surface area contributed by atoms with E-state index in [1.165, 1.54) is 6.33 Å². The number of imidazole rings is 1. The molecule has 4 rings (SSSR count). The SMILES string of the molecule is Ic1ncnc2ncn(C3COc4ccccc4CO3)c12. The van der Waals surface area contributed by atoms with Gasteiger partial charge in [0.1, 0.15) is 34.2 Å². The maximum Gasteiger partial charge on any atom is 0.181 e. The topological polar surface area (TPSA) is 62.1 Å². The number of halogens is 1. The lowest BCUT2D eigenvalue weighted by molar-refractivity contribution is -0.0234. The molecule has 3 aromatic rings. The molecule has 0 bridgehead atoms. The molecule has 1 aromatic carbocycles. The van der Waals surface area contributed by atoms with Crippen LogP contribution in [-0.4, -0.2) is 26.1 Å². The Labute approximate surface area is 134 Å². The molecule has 0 saturated heterocycles. The van der Waals surface area contributed by atoms with Crippen LogP contribution < -0.4 is 4.74 Å². The highest BCUT2D eigenvalue weighted by Crippen LogP contribution is 2.28. The van der Waals surface area contributed by atoms with E-state index in [-0.39, 0.29) is 6.23 Å². The van der Waals surface area contributed by atoms with Crippen molar-refractivity contribution in [3.63, 3.8) is 0 Å².